The van der Waals surface area contributed by atoms with E-state index in [0.29, 0.717) is 0 Å². The maximum Gasteiger partial charge on any atom is 0.508 e. The van der Waals surface area contributed by atoms with Gasteiger partial charge in [0.2, 0.25) is 0 Å². The molecule has 9 heteroatoms. The Labute approximate surface area is 117 Å². The number of hydrogen-bond donors (Lipinski definition) is 0. The lowest BCUT2D eigenvalue weighted by Gasteiger charge is -2.15. The van der Waals surface area contributed by atoms with Gasteiger partial charge in [-0.05, 0) is 20.8 Å². The van der Waals surface area contributed by atoms with E-state index in [9.17, 15) is 9.36 Å². The Morgan fingerprint density at radius 2 is 1.90 bits per heavy atom. The highest BCUT2D eigenvalue weighted by Gasteiger charge is 2.38. The number of carbonyl (C=O) groups excluding carboxylic acids is 1. The van der Waals surface area contributed by atoms with Crippen molar-refractivity contribution in [1.29, 1.82) is 0 Å². The average Bonchev–Trinajstić information content (AvgIpc) is 2.87. The molecule has 0 saturated carbocycles. The van der Waals surface area contributed by atoms with E-state index in [4.69, 9.17) is 18.6 Å². The van der Waals surface area contributed by atoms with Crippen molar-refractivity contribution in [2.24, 2.45) is 5.16 Å². The van der Waals surface area contributed by atoms with Crippen LogP contribution in [0.15, 0.2) is 5.16 Å². The summed E-state index contributed by atoms with van der Waals surface area (Å²) >= 11 is 0. The zero-order valence-corrected chi connectivity index (χ0v) is 12.8. The number of rotatable bonds is 8. The first-order chi connectivity index (χ1) is 9.55. The maximum atomic E-state index is 12.4. The molecule has 8 nitrogen and oxygen atoms in total. The first-order valence-electron chi connectivity index (χ1n) is 6.47. The van der Waals surface area contributed by atoms with Gasteiger partial charge in [0.25, 0.3) is 0 Å². The van der Waals surface area contributed by atoms with Crippen LogP contribution in [0.25, 0.3) is 0 Å². The fourth-order valence-corrected chi connectivity index (χ4v) is 3.14. The van der Waals surface area contributed by atoms with Crippen molar-refractivity contribution in [2.75, 3.05) is 26.4 Å². The molecular weight excluding hydrogens is 289 g/mol. The summed E-state index contributed by atoms with van der Waals surface area (Å²) in [4.78, 5) is 16.1. The van der Waals surface area contributed by atoms with Crippen molar-refractivity contribution in [1.82, 2.24) is 0 Å². The number of hydrogen-bond acceptors (Lipinski definition) is 8. The molecule has 0 aromatic heterocycles. The molecule has 116 valence electrons. The molecule has 1 heterocycles. The Morgan fingerprint density at radius 3 is 2.45 bits per heavy atom. The third kappa shape index (κ3) is 4.77. The normalized spacial score (nSPS) is 18.4. The molecular formula is C11H20NO7P. The van der Waals surface area contributed by atoms with Gasteiger partial charge in [-0.15, -0.1) is 0 Å². The van der Waals surface area contributed by atoms with E-state index in [1.165, 1.54) is 0 Å². The van der Waals surface area contributed by atoms with Crippen molar-refractivity contribution >= 4 is 19.2 Å². The Hall–Kier alpha value is -1.11. The average molecular weight is 309 g/mol. The van der Waals surface area contributed by atoms with Crippen molar-refractivity contribution in [3.8, 4) is 0 Å². The molecule has 0 aromatic carbocycles. The molecule has 1 aliphatic heterocycles. The summed E-state index contributed by atoms with van der Waals surface area (Å²) in [6.07, 6.45) is -1.07. The van der Waals surface area contributed by atoms with E-state index in [1.807, 2.05) is 0 Å². The SMILES string of the molecule is CCOC(=O)OCC1CC(P(=O)(OCC)OCC)=NO1. The molecule has 0 spiro atoms. The molecule has 0 saturated heterocycles. The fourth-order valence-electron chi connectivity index (χ4n) is 1.51. The lowest BCUT2D eigenvalue weighted by molar-refractivity contribution is -0.000145. The van der Waals surface area contributed by atoms with Crippen LogP contribution in [0.4, 0.5) is 4.79 Å². The maximum absolute atomic E-state index is 12.4. The van der Waals surface area contributed by atoms with Crippen LogP contribution in [0.5, 0.6) is 0 Å². The van der Waals surface area contributed by atoms with Gasteiger partial charge in [0.15, 0.2) is 11.6 Å². The fraction of sp³-hybridized carbons (Fsp3) is 0.818. The first-order valence-corrected chi connectivity index (χ1v) is 8.01. The van der Waals surface area contributed by atoms with Crippen molar-refractivity contribution in [2.45, 2.75) is 33.3 Å². The van der Waals surface area contributed by atoms with Crippen molar-refractivity contribution in [3.63, 3.8) is 0 Å². The quantitative estimate of drug-likeness (QED) is 0.502. The Balaban J connectivity index is 2.48. The molecule has 1 unspecified atom stereocenters. The van der Waals surface area contributed by atoms with Gasteiger partial charge in [-0.25, -0.2) is 4.79 Å². The van der Waals surface area contributed by atoms with Gasteiger partial charge in [-0.1, -0.05) is 5.16 Å². The van der Waals surface area contributed by atoms with E-state index in [1.54, 1.807) is 20.8 Å². The summed E-state index contributed by atoms with van der Waals surface area (Å²) in [5.41, 5.74) is 0.207. The van der Waals surface area contributed by atoms with Gasteiger partial charge < -0.3 is 23.4 Å². The molecule has 0 N–H and O–H groups in total. The summed E-state index contributed by atoms with van der Waals surface area (Å²) < 4.78 is 32.2. The summed E-state index contributed by atoms with van der Waals surface area (Å²) in [6, 6.07) is 0. The molecule has 20 heavy (non-hydrogen) atoms. The molecule has 0 amide bonds. The number of ether oxygens (including phenoxy) is 2. The highest BCUT2D eigenvalue weighted by atomic mass is 31.2. The summed E-state index contributed by atoms with van der Waals surface area (Å²) in [6.45, 7) is 5.77. The highest BCUT2D eigenvalue weighted by Crippen LogP contribution is 2.52. The van der Waals surface area contributed by atoms with Crippen LogP contribution < -0.4 is 0 Å². The topological polar surface area (TPSA) is 92.7 Å². The van der Waals surface area contributed by atoms with Crippen LogP contribution in [0.2, 0.25) is 0 Å². The predicted molar refractivity (Wildman–Crippen MR) is 70.8 cm³/mol. The van der Waals surface area contributed by atoms with Crippen LogP contribution in [0.1, 0.15) is 27.2 Å². The first kappa shape index (κ1) is 16.9. The largest absolute Gasteiger partial charge is 0.508 e. The Morgan fingerprint density at radius 1 is 1.25 bits per heavy atom. The minimum atomic E-state index is -3.41. The van der Waals surface area contributed by atoms with Crippen LogP contribution in [-0.4, -0.2) is 44.1 Å². The molecule has 1 atom stereocenters. The predicted octanol–water partition coefficient (Wildman–Crippen LogP) is 2.53. The molecule has 0 radical (unpaired) electrons. The van der Waals surface area contributed by atoms with Crippen molar-refractivity contribution in [3.05, 3.63) is 0 Å². The second kappa shape index (κ2) is 8.24. The Kier molecular flexibility index (Phi) is 6.98. The second-order valence-electron chi connectivity index (χ2n) is 3.77. The third-order valence-electron chi connectivity index (χ3n) is 2.28. The van der Waals surface area contributed by atoms with E-state index < -0.39 is 19.9 Å². The Bertz CT molecular complexity index is 388. The standard InChI is InChI=1S/C11H20NO7P/c1-4-15-11(13)16-8-9-7-10(12-19-9)20(14,17-5-2)18-6-3/h9H,4-8H2,1-3H3. The van der Waals surface area contributed by atoms with Crippen LogP contribution in [0.3, 0.4) is 0 Å². The van der Waals surface area contributed by atoms with Gasteiger partial charge in [0, 0.05) is 6.42 Å². The molecule has 0 bridgehead atoms. The lowest BCUT2D eigenvalue weighted by Crippen LogP contribution is -2.20. The molecule has 0 aromatic rings. The monoisotopic (exact) mass is 309 g/mol. The van der Waals surface area contributed by atoms with E-state index >= 15 is 0 Å². The van der Waals surface area contributed by atoms with Gasteiger partial charge in [0.1, 0.15) is 6.61 Å². The molecule has 1 aliphatic rings. The van der Waals surface area contributed by atoms with Gasteiger partial charge in [-0.3, -0.25) is 4.57 Å². The minimum absolute atomic E-state index is 0.0376. The van der Waals surface area contributed by atoms with E-state index in [2.05, 4.69) is 9.89 Å². The van der Waals surface area contributed by atoms with Crippen molar-refractivity contribution < 1.29 is 32.7 Å². The zero-order chi connectivity index (χ0) is 15.0. The summed E-state index contributed by atoms with van der Waals surface area (Å²) in [5, 5.41) is 3.72. The second-order valence-corrected chi connectivity index (χ2v) is 5.79. The van der Waals surface area contributed by atoms with E-state index in [0.717, 1.165) is 0 Å². The summed E-state index contributed by atoms with van der Waals surface area (Å²) in [5.74, 6) is 0. The lowest BCUT2D eigenvalue weighted by atomic mass is 10.3. The summed E-state index contributed by atoms with van der Waals surface area (Å²) in [7, 11) is -3.41. The zero-order valence-electron chi connectivity index (χ0n) is 11.9. The van der Waals surface area contributed by atoms with Crippen LogP contribution >= 0.6 is 7.60 Å². The smallest absolute Gasteiger partial charge is 0.435 e. The number of carbonyl (C=O) groups is 1. The van der Waals surface area contributed by atoms with Gasteiger partial charge in [-0.2, -0.15) is 0 Å². The van der Waals surface area contributed by atoms with Crippen LogP contribution in [-0.2, 0) is 27.9 Å². The van der Waals surface area contributed by atoms with Gasteiger partial charge >= 0.3 is 13.8 Å². The minimum Gasteiger partial charge on any atom is -0.435 e. The number of oxime groups is 1. The number of nitrogens with zero attached hydrogens (tertiary/aromatic N) is 1. The van der Waals surface area contributed by atoms with Crippen LogP contribution in [0, 0.1) is 0 Å². The molecule has 0 aliphatic carbocycles. The highest BCUT2D eigenvalue weighted by molar-refractivity contribution is 7.72. The van der Waals surface area contributed by atoms with E-state index in [-0.39, 0.29) is 38.3 Å². The molecule has 1 rings (SSSR count). The third-order valence-corrected chi connectivity index (χ3v) is 4.37. The van der Waals surface area contributed by atoms with Gasteiger partial charge in [0.05, 0.1) is 19.8 Å². The molecule has 0 fully saturated rings.